The van der Waals surface area contributed by atoms with Gasteiger partial charge in [0.15, 0.2) is 5.79 Å². The highest BCUT2D eigenvalue weighted by molar-refractivity contribution is 5.75. The van der Waals surface area contributed by atoms with Crippen LogP contribution >= 0.6 is 0 Å². The number of carbonyl (C=O) groups is 1. The number of hydrogen-bond donors (Lipinski definition) is 1. The summed E-state index contributed by atoms with van der Waals surface area (Å²) in [4.78, 5) is 12.9. The van der Waals surface area contributed by atoms with Crippen LogP contribution in [-0.4, -0.2) is 54.1 Å². The minimum atomic E-state index is -0.848. The number of carboxylic acids is 1. The molecular weight excluding hydrogens is 210 g/mol. The van der Waals surface area contributed by atoms with Gasteiger partial charge < -0.3 is 14.6 Å². The van der Waals surface area contributed by atoms with Gasteiger partial charge in [-0.05, 0) is 0 Å². The SMILES string of the molecule is C=CC(C(=O)O)N1CCC2(CC1)OCCO2. The number of likely N-dealkylation sites (tertiary alicyclic amines) is 1. The summed E-state index contributed by atoms with van der Waals surface area (Å²) in [5, 5.41) is 9.01. The second-order valence-corrected chi connectivity index (χ2v) is 4.16. The molecule has 2 fully saturated rings. The lowest BCUT2D eigenvalue weighted by Crippen LogP contribution is -2.50. The quantitative estimate of drug-likeness (QED) is 0.710. The molecular formula is C11H17NO4. The molecule has 0 radical (unpaired) electrons. The van der Waals surface area contributed by atoms with Crippen LogP contribution in [0.15, 0.2) is 12.7 Å². The van der Waals surface area contributed by atoms with Gasteiger partial charge in [0, 0.05) is 25.9 Å². The summed E-state index contributed by atoms with van der Waals surface area (Å²) >= 11 is 0. The summed E-state index contributed by atoms with van der Waals surface area (Å²) in [6.07, 6.45) is 2.92. The maximum absolute atomic E-state index is 11.0. The fraction of sp³-hybridized carbons (Fsp3) is 0.727. The van der Waals surface area contributed by atoms with Gasteiger partial charge in [-0.2, -0.15) is 0 Å². The predicted octanol–water partition coefficient (Wildman–Crippen LogP) is 0.465. The van der Waals surface area contributed by atoms with Crippen molar-refractivity contribution in [1.29, 1.82) is 0 Å². The Kier molecular flexibility index (Phi) is 3.28. The lowest BCUT2D eigenvalue weighted by molar-refractivity contribution is -0.188. The topological polar surface area (TPSA) is 59.0 Å². The molecule has 0 aliphatic carbocycles. The van der Waals surface area contributed by atoms with Crippen molar-refractivity contribution in [3.63, 3.8) is 0 Å². The van der Waals surface area contributed by atoms with Crippen LogP contribution in [0.3, 0.4) is 0 Å². The third-order valence-corrected chi connectivity index (χ3v) is 3.24. The van der Waals surface area contributed by atoms with Gasteiger partial charge in [-0.1, -0.05) is 6.08 Å². The Labute approximate surface area is 94.6 Å². The first-order valence-electron chi connectivity index (χ1n) is 5.54. The molecule has 1 atom stereocenters. The number of rotatable bonds is 3. The molecule has 5 nitrogen and oxygen atoms in total. The van der Waals surface area contributed by atoms with Crippen LogP contribution in [0.5, 0.6) is 0 Å². The summed E-state index contributed by atoms with van der Waals surface area (Å²) in [5.41, 5.74) is 0. The molecule has 2 saturated heterocycles. The monoisotopic (exact) mass is 227 g/mol. The molecule has 0 aromatic heterocycles. The van der Waals surface area contributed by atoms with E-state index in [1.54, 1.807) is 0 Å². The van der Waals surface area contributed by atoms with Gasteiger partial charge in [-0.15, -0.1) is 6.58 Å². The average molecular weight is 227 g/mol. The van der Waals surface area contributed by atoms with Crippen LogP contribution in [0.25, 0.3) is 0 Å². The van der Waals surface area contributed by atoms with E-state index in [1.165, 1.54) is 6.08 Å². The van der Waals surface area contributed by atoms with Crippen LogP contribution in [0.4, 0.5) is 0 Å². The maximum Gasteiger partial charge on any atom is 0.324 e. The number of ether oxygens (including phenoxy) is 2. The molecule has 5 heteroatoms. The maximum atomic E-state index is 11.0. The van der Waals surface area contributed by atoms with Gasteiger partial charge in [0.25, 0.3) is 0 Å². The number of aliphatic carboxylic acids is 1. The van der Waals surface area contributed by atoms with Gasteiger partial charge in [-0.3, -0.25) is 9.69 Å². The molecule has 0 aromatic carbocycles. The zero-order valence-corrected chi connectivity index (χ0v) is 9.22. The van der Waals surface area contributed by atoms with Crippen LogP contribution in [0.1, 0.15) is 12.8 Å². The third kappa shape index (κ3) is 2.11. The van der Waals surface area contributed by atoms with Crippen molar-refractivity contribution in [2.75, 3.05) is 26.3 Å². The van der Waals surface area contributed by atoms with Gasteiger partial charge >= 0.3 is 5.97 Å². The highest BCUT2D eigenvalue weighted by atomic mass is 16.7. The van der Waals surface area contributed by atoms with Crippen LogP contribution in [0, 0.1) is 0 Å². The summed E-state index contributed by atoms with van der Waals surface area (Å²) < 4.78 is 11.2. The second kappa shape index (κ2) is 4.53. The first-order chi connectivity index (χ1) is 7.67. The smallest absolute Gasteiger partial charge is 0.324 e. The van der Waals surface area contributed by atoms with E-state index in [9.17, 15) is 4.79 Å². The highest BCUT2D eigenvalue weighted by Crippen LogP contribution is 2.31. The zero-order chi connectivity index (χ0) is 11.6. The standard InChI is InChI=1S/C11H17NO4/c1-2-9(10(13)14)12-5-3-11(4-6-12)15-7-8-16-11/h2,9H,1,3-8H2,(H,13,14). The van der Waals surface area contributed by atoms with Gasteiger partial charge in [0.2, 0.25) is 0 Å². The predicted molar refractivity (Wildman–Crippen MR) is 57.1 cm³/mol. The average Bonchev–Trinajstić information content (AvgIpc) is 2.70. The molecule has 1 unspecified atom stereocenters. The van der Waals surface area contributed by atoms with Crippen molar-refractivity contribution < 1.29 is 19.4 Å². The van der Waals surface area contributed by atoms with Gasteiger partial charge in [0.1, 0.15) is 6.04 Å². The third-order valence-electron chi connectivity index (χ3n) is 3.24. The van der Waals surface area contributed by atoms with Crippen LogP contribution in [0.2, 0.25) is 0 Å². The molecule has 2 aliphatic heterocycles. The Hall–Kier alpha value is -0.910. The van der Waals surface area contributed by atoms with E-state index in [4.69, 9.17) is 14.6 Å². The Morgan fingerprint density at radius 2 is 1.94 bits per heavy atom. The van der Waals surface area contributed by atoms with E-state index in [0.29, 0.717) is 26.3 Å². The Morgan fingerprint density at radius 3 is 2.38 bits per heavy atom. The molecule has 1 spiro atoms. The fourth-order valence-corrected chi connectivity index (χ4v) is 2.33. The Bertz CT molecular complexity index is 276. The number of piperidine rings is 1. The lowest BCUT2D eigenvalue weighted by atomic mass is 10.0. The Balaban J connectivity index is 1.93. The van der Waals surface area contributed by atoms with Crippen molar-refractivity contribution in [2.24, 2.45) is 0 Å². The Morgan fingerprint density at radius 1 is 1.38 bits per heavy atom. The van der Waals surface area contributed by atoms with Crippen molar-refractivity contribution in [3.8, 4) is 0 Å². The van der Waals surface area contributed by atoms with E-state index in [0.717, 1.165) is 12.8 Å². The van der Waals surface area contributed by atoms with Crippen molar-refractivity contribution >= 4 is 5.97 Å². The van der Waals surface area contributed by atoms with Crippen LogP contribution in [-0.2, 0) is 14.3 Å². The number of carboxylic acid groups (broad SMARTS) is 1. The van der Waals surface area contributed by atoms with E-state index in [-0.39, 0.29) is 0 Å². The van der Waals surface area contributed by atoms with Crippen molar-refractivity contribution in [1.82, 2.24) is 4.90 Å². The van der Waals surface area contributed by atoms with Gasteiger partial charge in [0.05, 0.1) is 13.2 Å². The zero-order valence-electron chi connectivity index (χ0n) is 9.22. The summed E-state index contributed by atoms with van der Waals surface area (Å²) in [6.45, 7) is 6.19. The first-order valence-corrected chi connectivity index (χ1v) is 5.54. The molecule has 0 aromatic rings. The molecule has 2 heterocycles. The lowest BCUT2D eigenvalue weighted by Gasteiger charge is -2.39. The van der Waals surface area contributed by atoms with E-state index >= 15 is 0 Å². The van der Waals surface area contributed by atoms with Crippen molar-refractivity contribution in [3.05, 3.63) is 12.7 Å². The second-order valence-electron chi connectivity index (χ2n) is 4.16. The fourth-order valence-electron chi connectivity index (χ4n) is 2.33. The molecule has 90 valence electrons. The minimum Gasteiger partial charge on any atom is -0.480 e. The van der Waals surface area contributed by atoms with Crippen LogP contribution < -0.4 is 0 Å². The van der Waals surface area contributed by atoms with E-state index in [2.05, 4.69) is 6.58 Å². The number of hydrogen-bond acceptors (Lipinski definition) is 4. The van der Waals surface area contributed by atoms with Gasteiger partial charge in [-0.25, -0.2) is 0 Å². The summed E-state index contributed by atoms with van der Waals surface area (Å²) in [7, 11) is 0. The molecule has 0 saturated carbocycles. The molecule has 1 N–H and O–H groups in total. The van der Waals surface area contributed by atoms with E-state index in [1.807, 2.05) is 4.90 Å². The molecule has 2 aliphatic rings. The summed E-state index contributed by atoms with van der Waals surface area (Å²) in [6, 6.07) is -0.598. The largest absolute Gasteiger partial charge is 0.480 e. The molecule has 2 rings (SSSR count). The first kappa shape index (κ1) is 11.6. The summed E-state index contributed by atoms with van der Waals surface area (Å²) in [5.74, 6) is -1.29. The molecule has 0 bridgehead atoms. The normalized spacial score (nSPS) is 26.8. The molecule has 0 amide bonds. The minimum absolute atomic E-state index is 0.444. The van der Waals surface area contributed by atoms with Crippen molar-refractivity contribution in [2.45, 2.75) is 24.7 Å². The molecule has 16 heavy (non-hydrogen) atoms. The number of nitrogens with zero attached hydrogens (tertiary/aromatic N) is 1. The van der Waals surface area contributed by atoms with E-state index < -0.39 is 17.8 Å². The highest BCUT2D eigenvalue weighted by Gasteiger charge is 2.41.